The largest absolute Gasteiger partial charge is 0.389 e. The zero-order chi connectivity index (χ0) is 21.8. The second-order valence-corrected chi connectivity index (χ2v) is 8.02. The van der Waals surface area contributed by atoms with E-state index in [-0.39, 0.29) is 36.8 Å². The lowest BCUT2D eigenvalue weighted by molar-refractivity contribution is -0.135. The summed E-state index contributed by atoms with van der Waals surface area (Å²) in [6.45, 7) is 0.206. The third-order valence-electron chi connectivity index (χ3n) is 5.79. The minimum absolute atomic E-state index is 0.0662. The predicted molar refractivity (Wildman–Crippen MR) is 109 cm³/mol. The van der Waals surface area contributed by atoms with E-state index >= 15 is 0 Å². The Morgan fingerprint density at radius 1 is 1.10 bits per heavy atom. The molecule has 5 nitrogen and oxygen atoms in total. The van der Waals surface area contributed by atoms with Crippen molar-refractivity contribution in [3.8, 4) is 0 Å². The van der Waals surface area contributed by atoms with Gasteiger partial charge in [-0.25, -0.2) is 9.18 Å². The van der Waals surface area contributed by atoms with Gasteiger partial charge in [-0.05, 0) is 43.5 Å². The number of benzene rings is 1. The molecule has 0 N–H and O–H groups in total. The molecule has 1 saturated carbocycles. The van der Waals surface area contributed by atoms with Crippen LogP contribution in [0.1, 0.15) is 37.4 Å². The highest BCUT2D eigenvalue weighted by molar-refractivity contribution is 5.81. The van der Waals surface area contributed by atoms with Gasteiger partial charge in [-0.2, -0.15) is 13.2 Å². The van der Waals surface area contributed by atoms with Crippen LogP contribution in [-0.2, 0) is 13.1 Å². The van der Waals surface area contributed by atoms with Crippen LogP contribution in [0, 0.1) is 5.82 Å². The van der Waals surface area contributed by atoms with Crippen LogP contribution in [0.3, 0.4) is 0 Å². The molecular formula is C22H20F4N4O. The van der Waals surface area contributed by atoms with Crippen LogP contribution >= 0.6 is 0 Å². The summed E-state index contributed by atoms with van der Waals surface area (Å²) in [6.07, 6.45) is -0.254. The predicted octanol–water partition coefficient (Wildman–Crippen LogP) is 5.02. The number of imidazole rings is 1. The van der Waals surface area contributed by atoms with Crippen LogP contribution in [0.15, 0.2) is 47.5 Å². The average Bonchev–Trinajstić information content (AvgIpc) is 3.42. The van der Waals surface area contributed by atoms with Crippen molar-refractivity contribution >= 4 is 21.9 Å². The van der Waals surface area contributed by atoms with Gasteiger partial charge < -0.3 is 4.57 Å². The minimum atomic E-state index is -4.23. The molecule has 0 saturated heterocycles. The lowest BCUT2D eigenvalue weighted by Gasteiger charge is -2.13. The number of rotatable bonds is 6. The molecule has 1 fully saturated rings. The van der Waals surface area contributed by atoms with Crippen molar-refractivity contribution in [1.82, 2.24) is 18.7 Å². The highest BCUT2D eigenvalue weighted by Gasteiger charge is 2.30. The zero-order valence-corrected chi connectivity index (χ0v) is 16.6. The topological polar surface area (TPSA) is 44.8 Å². The third kappa shape index (κ3) is 3.62. The molecule has 4 aromatic rings. The number of aryl methyl sites for hydroxylation is 1. The Morgan fingerprint density at radius 3 is 2.65 bits per heavy atom. The second kappa shape index (κ2) is 7.25. The number of fused-ring (bicyclic) bond motifs is 2. The SMILES string of the molecule is O=c1n(Cc2cc3cnccc3n2CCCC(F)(F)F)c2c(F)cccc2n1C1CC1. The summed E-state index contributed by atoms with van der Waals surface area (Å²) in [7, 11) is 0. The lowest BCUT2D eigenvalue weighted by Crippen LogP contribution is -2.25. The number of aromatic nitrogens is 4. The molecule has 9 heteroatoms. The fourth-order valence-electron chi connectivity index (χ4n) is 4.29. The van der Waals surface area contributed by atoms with Gasteiger partial charge in [0.1, 0.15) is 11.3 Å². The number of pyridine rings is 1. The molecule has 3 heterocycles. The van der Waals surface area contributed by atoms with Crippen molar-refractivity contribution in [2.24, 2.45) is 0 Å². The zero-order valence-electron chi connectivity index (χ0n) is 16.6. The Morgan fingerprint density at radius 2 is 1.90 bits per heavy atom. The Hall–Kier alpha value is -3.10. The number of para-hydroxylation sites is 1. The molecule has 1 aliphatic rings. The molecule has 0 unspecified atom stereocenters. The standard InChI is InChI=1S/C22H20F4N4O/c23-17-3-1-4-19-20(17)29(21(31)30(19)15-5-6-15)13-16-11-14-12-27-9-7-18(14)28(16)10-2-8-22(24,25)26/h1,3-4,7,9,11-12,15H,2,5-6,8,10,13H2. The van der Waals surface area contributed by atoms with Crippen molar-refractivity contribution in [1.29, 1.82) is 0 Å². The van der Waals surface area contributed by atoms with E-state index in [1.165, 1.54) is 10.6 Å². The van der Waals surface area contributed by atoms with Gasteiger partial charge in [-0.3, -0.25) is 14.1 Å². The summed E-state index contributed by atoms with van der Waals surface area (Å²) >= 11 is 0. The van der Waals surface area contributed by atoms with E-state index in [4.69, 9.17) is 0 Å². The van der Waals surface area contributed by atoms with Gasteiger partial charge in [-0.1, -0.05) is 6.07 Å². The molecular weight excluding hydrogens is 412 g/mol. The minimum Gasteiger partial charge on any atom is -0.343 e. The first-order chi connectivity index (χ1) is 14.8. The average molecular weight is 432 g/mol. The summed E-state index contributed by atoms with van der Waals surface area (Å²) in [5, 5.41) is 0.768. The van der Waals surface area contributed by atoms with E-state index in [1.807, 2.05) is 6.07 Å². The monoisotopic (exact) mass is 432 g/mol. The summed E-state index contributed by atoms with van der Waals surface area (Å²) in [4.78, 5) is 17.3. The smallest absolute Gasteiger partial charge is 0.343 e. The van der Waals surface area contributed by atoms with Gasteiger partial charge in [0.05, 0.1) is 17.6 Å². The number of hydrogen-bond donors (Lipinski definition) is 0. The van der Waals surface area contributed by atoms with Crippen molar-refractivity contribution in [2.75, 3.05) is 0 Å². The summed E-state index contributed by atoms with van der Waals surface area (Å²) in [5.74, 6) is -0.490. The van der Waals surface area contributed by atoms with Gasteiger partial charge >= 0.3 is 11.9 Å². The van der Waals surface area contributed by atoms with Crippen LogP contribution in [0.4, 0.5) is 17.6 Å². The first kappa shape index (κ1) is 19.8. The van der Waals surface area contributed by atoms with E-state index in [9.17, 15) is 22.4 Å². The number of nitrogens with zero attached hydrogens (tertiary/aromatic N) is 4. The van der Waals surface area contributed by atoms with Crippen molar-refractivity contribution in [3.63, 3.8) is 0 Å². The first-order valence-corrected chi connectivity index (χ1v) is 10.2. The van der Waals surface area contributed by atoms with Gasteiger partial charge in [0, 0.05) is 42.5 Å². The van der Waals surface area contributed by atoms with E-state index in [2.05, 4.69) is 4.98 Å². The van der Waals surface area contributed by atoms with Crippen LogP contribution in [0.5, 0.6) is 0 Å². The number of alkyl halides is 3. The van der Waals surface area contributed by atoms with E-state index in [1.54, 1.807) is 39.7 Å². The van der Waals surface area contributed by atoms with Crippen LogP contribution in [0.2, 0.25) is 0 Å². The molecule has 0 spiro atoms. The summed E-state index contributed by atoms with van der Waals surface area (Å²) in [6, 6.07) is 8.25. The molecule has 0 radical (unpaired) electrons. The maximum atomic E-state index is 14.8. The highest BCUT2D eigenvalue weighted by atomic mass is 19.4. The van der Waals surface area contributed by atoms with Gasteiger partial charge in [-0.15, -0.1) is 0 Å². The molecule has 1 aliphatic carbocycles. The number of halogens is 4. The van der Waals surface area contributed by atoms with Crippen molar-refractivity contribution in [3.05, 3.63) is 64.7 Å². The fourth-order valence-corrected chi connectivity index (χ4v) is 4.29. The van der Waals surface area contributed by atoms with Gasteiger partial charge in [0.15, 0.2) is 0 Å². The van der Waals surface area contributed by atoms with Crippen molar-refractivity contribution < 1.29 is 17.6 Å². The highest BCUT2D eigenvalue weighted by Crippen LogP contribution is 2.36. The van der Waals surface area contributed by atoms with Crippen molar-refractivity contribution in [2.45, 2.75) is 51.0 Å². The molecule has 3 aromatic heterocycles. The maximum Gasteiger partial charge on any atom is 0.389 e. The lowest BCUT2D eigenvalue weighted by atomic mass is 10.2. The molecule has 0 bridgehead atoms. The molecule has 0 atom stereocenters. The second-order valence-electron chi connectivity index (χ2n) is 8.02. The van der Waals surface area contributed by atoms with Crippen LogP contribution in [-0.4, -0.2) is 24.9 Å². The number of hydrogen-bond acceptors (Lipinski definition) is 2. The quantitative estimate of drug-likeness (QED) is 0.402. The van der Waals surface area contributed by atoms with E-state index in [0.29, 0.717) is 11.2 Å². The molecule has 0 aliphatic heterocycles. The maximum absolute atomic E-state index is 14.8. The van der Waals surface area contributed by atoms with Gasteiger partial charge in [0.2, 0.25) is 0 Å². The normalized spacial score (nSPS) is 14.7. The molecule has 162 valence electrons. The molecule has 31 heavy (non-hydrogen) atoms. The summed E-state index contributed by atoms with van der Waals surface area (Å²) in [5.41, 5.74) is 1.86. The molecule has 5 rings (SSSR count). The van der Waals surface area contributed by atoms with E-state index < -0.39 is 18.4 Å². The van der Waals surface area contributed by atoms with Crippen LogP contribution < -0.4 is 5.69 Å². The summed E-state index contributed by atoms with van der Waals surface area (Å²) < 4.78 is 57.6. The van der Waals surface area contributed by atoms with E-state index in [0.717, 1.165) is 23.7 Å². The first-order valence-electron chi connectivity index (χ1n) is 10.2. The Kier molecular flexibility index (Phi) is 4.64. The third-order valence-corrected chi connectivity index (χ3v) is 5.79. The van der Waals surface area contributed by atoms with Gasteiger partial charge in [0.25, 0.3) is 0 Å². The Balaban J connectivity index is 1.60. The fraction of sp³-hybridized carbons (Fsp3) is 0.364. The molecule has 1 aromatic carbocycles. The molecule has 0 amide bonds. The Labute approximate surface area is 174 Å². The Bertz CT molecular complexity index is 1330. The van der Waals surface area contributed by atoms with Crippen LogP contribution in [0.25, 0.3) is 21.9 Å².